The van der Waals surface area contributed by atoms with Crippen LogP contribution < -0.4 is 5.32 Å². The molecule has 0 fully saturated rings. The molecule has 1 heterocycles. The number of nitrogens with one attached hydrogen (secondary N) is 1. The van der Waals surface area contributed by atoms with Gasteiger partial charge in [-0.1, -0.05) is 17.7 Å². The summed E-state index contributed by atoms with van der Waals surface area (Å²) in [6.07, 6.45) is 0. The summed E-state index contributed by atoms with van der Waals surface area (Å²) in [5.41, 5.74) is 8.10. The van der Waals surface area contributed by atoms with Crippen LogP contribution in [0.5, 0.6) is 0 Å². The van der Waals surface area contributed by atoms with E-state index in [0.717, 1.165) is 39.2 Å². The zero-order chi connectivity index (χ0) is 17.4. The molecule has 0 aliphatic heterocycles. The van der Waals surface area contributed by atoms with Crippen LogP contribution in [0.2, 0.25) is 0 Å². The van der Waals surface area contributed by atoms with Crippen molar-refractivity contribution in [3.05, 3.63) is 64.0 Å². The standard InChI is InChI=1S/C20H21N3O/c1-11-8-12(2)19(13(3)9-11)23-20(24)16-6-7-17-18(10-16)22-15(5)14(4)21-17/h6-10H,1-5H3,(H,23,24). The minimum Gasteiger partial charge on any atom is -0.322 e. The number of hydrogen-bond acceptors (Lipinski definition) is 3. The van der Waals surface area contributed by atoms with E-state index in [-0.39, 0.29) is 5.91 Å². The van der Waals surface area contributed by atoms with Gasteiger partial charge in [-0.25, -0.2) is 9.97 Å². The van der Waals surface area contributed by atoms with E-state index in [4.69, 9.17) is 0 Å². The Balaban J connectivity index is 1.96. The molecule has 3 rings (SSSR count). The smallest absolute Gasteiger partial charge is 0.255 e. The number of anilines is 1. The quantitative estimate of drug-likeness (QED) is 0.760. The lowest BCUT2D eigenvalue weighted by Gasteiger charge is -2.13. The van der Waals surface area contributed by atoms with Gasteiger partial charge in [0.1, 0.15) is 0 Å². The van der Waals surface area contributed by atoms with Crippen LogP contribution in [0.25, 0.3) is 11.0 Å². The average Bonchev–Trinajstić information content (AvgIpc) is 2.51. The number of aromatic nitrogens is 2. The lowest BCUT2D eigenvalue weighted by Crippen LogP contribution is -2.14. The van der Waals surface area contributed by atoms with E-state index in [1.807, 2.05) is 33.8 Å². The van der Waals surface area contributed by atoms with Crippen LogP contribution >= 0.6 is 0 Å². The van der Waals surface area contributed by atoms with Gasteiger partial charge in [0, 0.05) is 11.3 Å². The molecule has 1 N–H and O–H groups in total. The number of fused-ring (bicyclic) bond motifs is 1. The molecule has 1 amide bonds. The van der Waals surface area contributed by atoms with Gasteiger partial charge in [-0.15, -0.1) is 0 Å². The van der Waals surface area contributed by atoms with Gasteiger partial charge in [-0.05, 0) is 63.9 Å². The number of hydrogen-bond donors (Lipinski definition) is 1. The molecular formula is C20H21N3O. The lowest BCUT2D eigenvalue weighted by molar-refractivity contribution is 0.102. The molecule has 122 valence electrons. The fraction of sp³-hybridized carbons (Fsp3) is 0.250. The Morgan fingerprint density at radius 1 is 0.833 bits per heavy atom. The first kappa shape index (κ1) is 16.1. The summed E-state index contributed by atoms with van der Waals surface area (Å²) in [6, 6.07) is 9.57. The van der Waals surface area contributed by atoms with Gasteiger partial charge < -0.3 is 5.32 Å². The van der Waals surface area contributed by atoms with Gasteiger partial charge >= 0.3 is 0 Å². The SMILES string of the molecule is Cc1cc(C)c(NC(=O)c2ccc3nc(C)c(C)nc3c2)c(C)c1. The molecule has 0 aliphatic rings. The van der Waals surface area contributed by atoms with E-state index in [2.05, 4.69) is 34.3 Å². The van der Waals surface area contributed by atoms with Gasteiger partial charge in [0.15, 0.2) is 0 Å². The highest BCUT2D eigenvalue weighted by atomic mass is 16.1. The molecule has 0 unspecified atom stereocenters. The third-order valence-electron chi connectivity index (χ3n) is 4.25. The van der Waals surface area contributed by atoms with Gasteiger partial charge in [0.05, 0.1) is 22.4 Å². The van der Waals surface area contributed by atoms with Crippen molar-refractivity contribution < 1.29 is 4.79 Å². The zero-order valence-electron chi connectivity index (χ0n) is 14.7. The topological polar surface area (TPSA) is 54.9 Å². The normalized spacial score (nSPS) is 10.9. The van der Waals surface area contributed by atoms with Crippen molar-refractivity contribution in [3.63, 3.8) is 0 Å². The fourth-order valence-electron chi connectivity index (χ4n) is 2.93. The van der Waals surface area contributed by atoms with E-state index in [0.29, 0.717) is 5.56 Å². The molecule has 0 radical (unpaired) electrons. The average molecular weight is 319 g/mol. The van der Waals surface area contributed by atoms with Crippen LogP contribution in [0.1, 0.15) is 38.4 Å². The Kier molecular flexibility index (Phi) is 4.06. The molecule has 0 bridgehead atoms. The third-order valence-corrected chi connectivity index (χ3v) is 4.25. The molecule has 0 saturated heterocycles. The van der Waals surface area contributed by atoms with Crippen molar-refractivity contribution >= 4 is 22.6 Å². The van der Waals surface area contributed by atoms with Crippen LogP contribution in [0.15, 0.2) is 30.3 Å². The van der Waals surface area contributed by atoms with Gasteiger partial charge in [-0.3, -0.25) is 4.79 Å². The van der Waals surface area contributed by atoms with Crippen LogP contribution in [0, 0.1) is 34.6 Å². The second-order valence-electron chi connectivity index (χ2n) is 6.33. The highest BCUT2D eigenvalue weighted by Crippen LogP contribution is 2.23. The van der Waals surface area contributed by atoms with Crippen molar-refractivity contribution in [1.29, 1.82) is 0 Å². The molecule has 3 aromatic rings. The molecule has 4 nitrogen and oxygen atoms in total. The summed E-state index contributed by atoms with van der Waals surface area (Å²) >= 11 is 0. The summed E-state index contributed by atoms with van der Waals surface area (Å²) in [6.45, 7) is 9.93. The molecular weight excluding hydrogens is 298 g/mol. The highest BCUT2D eigenvalue weighted by Gasteiger charge is 2.12. The summed E-state index contributed by atoms with van der Waals surface area (Å²) in [5, 5.41) is 3.03. The third kappa shape index (κ3) is 3.00. The molecule has 0 aliphatic carbocycles. The number of rotatable bonds is 2. The van der Waals surface area contributed by atoms with Gasteiger partial charge in [0.25, 0.3) is 5.91 Å². The summed E-state index contributed by atoms with van der Waals surface area (Å²) < 4.78 is 0. The minimum atomic E-state index is -0.132. The van der Waals surface area contributed by atoms with Crippen LogP contribution in [-0.2, 0) is 0 Å². The summed E-state index contributed by atoms with van der Waals surface area (Å²) in [5.74, 6) is -0.132. The minimum absolute atomic E-state index is 0.132. The van der Waals surface area contributed by atoms with Crippen LogP contribution in [0.4, 0.5) is 5.69 Å². The predicted octanol–water partition coefficient (Wildman–Crippen LogP) is 4.42. The first-order chi connectivity index (χ1) is 11.3. The fourth-order valence-corrected chi connectivity index (χ4v) is 2.93. The lowest BCUT2D eigenvalue weighted by atomic mass is 10.0. The predicted molar refractivity (Wildman–Crippen MR) is 97.6 cm³/mol. The number of amides is 1. The van der Waals surface area contributed by atoms with Gasteiger partial charge in [-0.2, -0.15) is 0 Å². The maximum absolute atomic E-state index is 12.6. The molecule has 2 aromatic carbocycles. The van der Waals surface area contributed by atoms with E-state index in [1.54, 1.807) is 12.1 Å². The number of carbonyl (C=O) groups excluding carboxylic acids is 1. The second-order valence-corrected chi connectivity index (χ2v) is 6.33. The number of aryl methyl sites for hydroxylation is 5. The first-order valence-electron chi connectivity index (χ1n) is 7.99. The van der Waals surface area contributed by atoms with Crippen molar-refractivity contribution in [3.8, 4) is 0 Å². The highest BCUT2D eigenvalue weighted by molar-refractivity contribution is 6.06. The number of carbonyl (C=O) groups is 1. The zero-order valence-corrected chi connectivity index (χ0v) is 14.7. The number of nitrogens with zero attached hydrogens (tertiary/aromatic N) is 2. The monoisotopic (exact) mass is 319 g/mol. The summed E-state index contributed by atoms with van der Waals surface area (Å²) in [4.78, 5) is 21.7. The van der Waals surface area contributed by atoms with E-state index in [1.165, 1.54) is 5.56 Å². The Morgan fingerprint density at radius 2 is 1.42 bits per heavy atom. The van der Waals surface area contributed by atoms with E-state index >= 15 is 0 Å². The molecule has 24 heavy (non-hydrogen) atoms. The molecule has 4 heteroatoms. The Bertz CT molecular complexity index is 937. The molecule has 0 spiro atoms. The van der Waals surface area contributed by atoms with Crippen molar-refractivity contribution in [2.24, 2.45) is 0 Å². The first-order valence-corrected chi connectivity index (χ1v) is 7.99. The van der Waals surface area contributed by atoms with Crippen LogP contribution in [0.3, 0.4) is 0 Å². The second kappa shape index (κ2) is 6.04. The number of benzene rings is 2. The van der Waals surface area contributed by atoms with Gasteiger partial charge in [0.2, 0.25) is 0 Å². The maximum atomic E-state index is 12.6. The molecule has 0 saturated carbocycles. The Labute approximate surface area is 142 Å². The Morgan fingerprint density at radius 3 is 2.04 bits per heavy atom. The summed E-state index contributed by atoms with van der Waals surface area (Å²) in [7, 11) is 0. The largest absolute Gasteiger partial charge is 0.322 e. The van der Waals surface area contributed by atoms with Crippen molar-refractivity contribution in [2.75, 3.05) is 5.32 Å². The van der Waals surface area contributed by atoms with Crippen molar-refractivity contribution in [2.45, 2.75) is 34.6 Å². The van der Waals surface area contributed by atoms with Crippen LogP contribution in [-0.4, -0.2) is 15.9 Å². The molecule has 0 atom stereocenters. The van der Waals surface area contributed by atoms with E-state index < -0.39 is 0 Å². The van der Waals surface area contributed by atoms with Crippen molar-refractivity contribution in [1.82, 2.24) is 9.97 Å². The molecule has 1 aromatic heterocycles. The van der Waals surface area contributed by atoms with E-state index in [9.17, 15) is 4.79 Å². The Hall–Kier alpha value is -2.75. The maximum Gasteiger partial charge on any atom is 0.255 e.